The molecule has 1 saturated heterocycles. The van der Waals surface area contributed by atoms with E-state index in [9.17, 15) is 9.59 Å². The number of hydrogen-bond acceptors (Lipinski definition) is 3. The maximum atomic E-state index is 11.9. The fourth-order valence-corrected chi connectivity index (χ4v) is 2.58. The van der Waals surface area contributed by atoms with Crippen molar-refractivity contribution in [2.24, 2.45) is 5.92 Å². The van der Waals surface area contributed by atoms with Crippen molar-refractivity contribution >= 4 is 11.9 Å². The summed E-state index contributed by atoms with van der Waals surface area (Å²) in [5.74, 6) is -0.654. The molecule has 6 nitrogen and oxygen atoms in total. The van der Waals surface area contributed by atoms with Crippen LogP contribution in [0.5, 0.6) is 0 Å². The zero-order valence-electron chi connectivity index (χ0n) is 11.7. The lowest BCUT2D eigenvalue weighted by atomic mass is 10.1. The average molecular weight is 279 g/mol. The SMILES string of the molecule is CCN1CCC(CNC(=O)Cn2cccc2C(=O)O)C1. The van der Waals surface area contributed by atoms with Gasteiger partial charge in [-0.2, -0.15) is 0 Å². The highest BCUT2D eigenvalue weighted by Crippen LogP contribution is 2.14. The molecule has 0 spiro atoms. The van der Waals surface area contributed by atoms with Crippen LogP contribution in [0.25, 0.3) is 0 Å². The second-order valence-electron chi connectivity index (χ2n) is 5.18. The molecule has 0 saturated carbocycles. The minimum absolute atomic E-state index is 0.0544. The Hall–Kier alpha value is -1.82. The molecule has 0 aromatic carbocycles. The zero-order chi connectivity index (χ0) is 14.5. The summed E-state index contributed by atoms with van der Waals surface area (Å²) in [6.45, 7) is 6.03. The van der Waals surface area contributed by atoms with Crippen LogP contribution >= 0.6 is 0 Å². The number of amides is 1. The van der Waals surface area contributed by atoms with Gasteiger partial charge in [0.15, 0.2) is 0 Å². The Morgan fingerprint density at radius 3 is 2.95 bits per heavy atom. The van der Waals surface area contributed by atoms with Crippen molar-refractivity contribution in [3.8, 4) is 0 Å². The van der Waals surface area contributed by atoms with Gasteiger partial charge in [-0.05, 0) is 37.6 Å². The molecule has 20 heavy (non-hydrogen) atoms. The molecule has 1 aromatic rings. The third-order valence-electron chi connectivity index (χ3n) is 3.77. The van der Waals surface area contributed by atoms with Gasteiger partial charge in [-0.25, -0.2) is 4.79 Å². The summed E-state index contributed by atoms with van der Waals surface area (Å²) in [4.78, 5) is 25.2. The molecular formula is C14H21N3O3. The van der Waals surface area contributed by atoms with Crippen LogP contribution in [0.1, 0.15) is 23.8 Å². The van der Waals surface area contributed by atoms with Crippen LogP contribution in [-0.4, -0.2) is 52.6 Å². The molecule has 1 unspecified atom stereocenters. The number of carbonyl (C=O) groups is 2. The Bertz CT molecular complexity index is 484. The van der Waals surface area contributed by atoms with E-state index in [1.54, 1.807) is 12.3 Å². The molecule has 0 aliphatic carbocycles. The van der Waals surface area contributed by atoms with Gasteiger partial charge in [0, 0.05) is 19.3 Å². The van der Waals surface area contributed by atoms with Crippen molar-refractivity contribution in [2.75, 3.05) is 26.2 Å². The van der Waals surface area contributed by atoms with E-state index in [-0.39, 0.29) is 18.1 Å². The maximum Gasteiger partial charge on any atom is 0.352 e. The third-order valence-corrected chi connectivity index (χ3v) is 3.77. The molecule has 2 heterocycles. The second-order valence-corrected chi connectivity index (χ2v) is 5.18. The average Bonchev–Trinajstić information content (AvgIpc) is 3.04. The van der Waals surface area contributed by atoms with Crippen LogP contribution in [-0.2, 0) is 11.3 Å². The summed E-state index contributed by atoms with van der Waals surface area (Å²) in [6.07, 6.45) is 2.72. The molecule has 110 valence electrons. The zero-order valence-corrected chi connectivity index (χ0v) is 11.7. The second kappa shape index (κ2) is 6.56. The first kappa shape index (κ1) is 14.6. The fraction of sp³-hybridized carbons (Fsp3) is 0.571. The Kier molecular flexibility index (Phi) is 4.79. The van der Waals surface area contributed by atoms with E-state index in [0.29, 0.717) is 12.5 Å². The highest BCUT2D eigenvalue weighted by atomic mass is 16.4. The topological polar surface area (TPSA) is 74.6 Å². The number of aromatic nitrogens is 1. The minimum atomic E-state index is -1.02. The van der Waals surface area contributed by atoms with E-state index < -0.39 is 5.97 Å². The van der Waals surface area contributed by atoms with Gasteiger partial charge in [-0.1, -0.05) is 6.92 Å². The first-order valence-corrected chi connectivity index (χ1v) is 6.97. The van der Waals surface area contributed by atoms with Gasteiger partial charge >= 0.3 is 5.97 Å². The molecule has 2 rings (SSSR count). The van der Waals surface area contributed by atoms with Gasteiger partial charge in [0.05, 0.1) is 0 Å². The summed E-state index contributed by atoms with van der Waals surface area (Å²) in [5.41, 5.74) is 0.137. The van der Waals surface area contributed by atoms with Crippen molar-refractivity contribution in [3.05, 3.63) is 24.0 Å². The number of likely N-dealkylation sites (tertiary alicyclic amines) is 1. The van der Waals surface area contributed by atoms with Crippen LogP contribution < -0.4 is 5.32 Å². The number of carboxylic acid groups (broad SMARTS) is 1. The number of aromatic carboxylic acids is 1. The van der Waals surface area contributed by atoms with E-state index in [0.717, 1.165) is 26.1 Å². The van der Waals surface area contributed by atoms with Crippen LogP contribution in [0, 0.1) is 5.92 Å². The predicted molar refractivity (Wildman–Crippen MR) is 74.6 cm³/mol. The molecule has 1 amide bonds. The highest BCUT2D eigenvalue weighted by Gasteiger charge is 2.21. The summed E-state index contributed by atoms with van der Waals surface area (Å²) in [5, 5.41) is 11.9. The van der Waals surface area contributed by atoms with E-state index in [1.165, 1.54) is 10.6 Å². The predicted octanol–water partition coefficient (Wildman–Crippen LogP) is 0.644. The smallest absolute Gasteiger partial charge is 0.352 e. The van der Waals surface area contributed by atoms with Crippen LogP contribution in [0.3, 0.4) is 0 Å². The number of carbonyl (C=O) groups excluding carboxylic acids is 1. The van der Waals surface area contributed by atoms with Gasteiger partial charge in [0.2, 0.25) is 5.91 Å². The number of nitrogens with one attached hydrogen (secondary N) is 1. The van der Waals surface area contributed by atoms with E-state index in [2.05, 4.69) is 17.1 Å². The Morgan fingerprint density at radius 2 is 2.30 bits per heavy atom. The van der Waals surface area contributed by atoms with Crippen molar-refractivity contribution < 1.29 is 14.7 Å². The first-order valence-electron chi connectivity index (χ1n) is 6.97. The van der Waals surface area contributed by atoms with Crippen molar-refractivity contribution in [1.82, 2.24) is 14.8 Å². The molecule has 1 aliphatic rings. The molecule has 2 N–H and O–H groups in total. The van der Waals surface area contributed by atoms with Crippen molar-refractivity contribution in [2.45, 2.75) is 19.9 Å². The van der Waals surface area contributed by atoms with Gasteiger partial charge in [0.25, 0.3) is 0 Å². The summed E-state index contributed by atoms with van der Waals surface area (Å²) in [6, 6.07) is 3.12. The molecule has 1 aromatic heterocycles. The van der Waals surface area contributed by atoms with Crippen LogP contribution in [0.4, 0.5) is 0 Å². The normalized spacial score (nSPS) is 19.1. The molecule has 1 atom stereocenters. The standard InChI is InChI=1S/C14H21N3O3/c1-2-16-7-5-11(9-16)8-15-13(18)10-17-6-3-4-12(17)14(19)20/h3-4,6,11H,2,5,7-10H2,1H3,(H,15,18)(H,19,20). The lowest BCUT2D eigenvalue weighted by Crippen LogP contribution is -2.33. The van der Waals surface area contributed by atoms with Gasteiger partial charge < -0.3 is 19.9 Å². The molecule has 1 fully saturated rings. The molecule has 1 aliphatic heterocycles. The lowest BCUT2D eigenvalue weighted by molar-refractivity contribution is -0.121. The lowest BCUT2D eigenvalue weighted by Gasteiger charge is -2.14. The molecular weight excluding hydrogens is 258 g/mol. The Balaban J connectivity index is 1.78. The molecule has 0 radical (unpaired) electrons. The number of rotatable bonds is 6. The molecule has 0 bridgehead atoms. The minimum Gasteiger partial charge on any atom is -0.477 e. The van der Waals surface area contributed by atoms with Crippen molar-refractivity contribution in [1.29, 1.82) is 0 Å². The first-order chi connectivity index (χ1) is 9.60. The van der Waals surface area contributed by atoms with Crippen molar-refractivity contribution in [3.63, 3.8) is 0 Å². The fourth-order valence-electron chi connectivity index (χ4n) is 2.58. The van der Waals surface area contributed by atoms with Gasteiger partial charge in [-0.15, -0.1) is 0 Å². The number of hydrogen-bond donors (Lipinski definition) is 2. The number of nitrogens with zero attached hydrogens (tertiary/aromatic N) is 2. The van der Waals surface area contributed by atoms with Crippen LogP contribution in [0.2, 0.25) is 0 Å². The largest absolute Gasteiger partial charge is 0.477 e. The Labute approximate surface area is 118 Å². The summed E-state index contributed by atoms with van der Waals surface area (Å²) < 4.78 is 1.45. The Morgan fingerprint density at radius 1 is 1.50 bits per heavy atom. The van der Waals surface area contributed by atoms with Gasteiger partial charge in [-0.3, -0.25) is 4.79 Å². The van der Waals surface area contributed by atoms with E-state index in [1.807, 2.05) is 0 Å². The van der Waals surface area contributed by atoms with E-state index in [4.69, 9.17) is 5.11 Å². The quantitative estimate of drug-likeness (QED) is 0.801. The molecule has 6 heteroatoms. The van der Waals surface area contributed by atoms with Gasteiger partial charge in [0.1, 0.15) is 12.2 Å². The van der Waals surface area contributed by atoms with E-state index >= 15 is 0 Å². The van der Waals surface area contributed by atoms with Crippen LogP contribution in [0.15, 0.2) is 18.3 Å². The summed E-state index contributed by atoms with van der Waals surface area (Å²) >= 11 is 0. The summed E-state index contributed by atoms with van der Waals surface area (Å²) in [7, 11) is 0. The highest BCUT2D eigenvalue weighted by molar-refractivity contribution is 5.86. The maximum absolute atomic E-state index is 11.9. The third kappa shape index (κ3) is 3.60. The monoisotopic (exact) mass is 279 g/mol. The number of carboxylic acids is 1.